The minimum atomic E-state index is -1.02. The van der Waals surface area contributed by atoms with Crippen LogP contribution in [0, 0.1) is 0 Å². The van der Waals surface area contributed by atoms with E-state index in [1.807, 2.05) is 36.4 Å². The molecule has 44 heavy (non-hydrogen) atoms. The second-order valence-electron chi connectivity index (χ2n) is 11.4. The van der Waals surface area contributed by atoms with E-state index in [-0.39, 0.29) is 19.0 Å². The summed E-state index contributed by atoms with van der Waals surface area (Å²) in [6.07, 6.45) is -0.288. The molecule has 1 amide bonds. The summed E-state index contributed by atoms with van der Waals surface area (Å²) in [5, 5.41) is 19.8. The van der Waals surface area contributed by atoms with Gasteiger partial charge in [-0.05, 0) is 55.2 Å². The number of amides is 1. The van der Waals surface area contributed by atoms with Gasteiger partial charge in [0.2, 0.25) is 0 Å². The molecule has 0 radical (unpaired) electrons. The summed E-state index contributed by atoms with van der Waals surface area (Å²) in [7, 11) is 3.38. The van der Waals surface area contributed by atoms with Gasteiger partial charge < -0.3 is 48.4 Å². The average molecular weight is 617 g/mol. The van der Waals surface area contributed by atoms with Crippen LogP contribution >= 0.6 is 0 Å². The molecule has 0 saturated carbocycles. The second-order valence-corrected chi connectivity index (χ2v) is 11.4. The van der Waals surface area contributed by atoms with Crippen molar-refractivity contribution in [2.24, 2.45) is 0 Å². The van der Waals surface area contributed by atoms with Crippen LogP contribution in [-0.2, 0) is 25.6 Å². The number of hydrogen-bond acceptors (Lipinski definition) is 9. The third kappa shape index (κ3) is 9.70. The fourth-order valence-corrected chi connectivity index (χ4v) is 5.69. The molecular formula is C33H48N2O9. The summed E-state index contributed by atoms with van der Waals surface area (Å²) < 4.78 is 34.9. The Labute approximate surface area is 260 Å². The fraction of sp³-hybridized carbons (Fsp3) is 0.606. The van der Waals surface area contributed by atoms with Crippen molar-refractivity contribution in [3.63, 3.8) is 0 Å². The highest BCUT2D eigenvalue weighted by Gasteiger charge is 2.41. The molecule has 0 aromatic heterocycles. The standard InChI is InChI=1S/C33H48N2O9/c1-24(36)12-18-42-30-21-35(33(37)38)22-31(32(30)26-7-9-27(10-8-26)41-17-5-16-40-3)44-23-25-6-11-29-28(20-25)34(14-19-43-29)13-4-15-39-2/h6-11,20,24,30-32,36H,4-5,12-19,21-23H2,1-3H3,(H,37,38)/t24?,30-,31+,32+/m1/s1. The van der Waals surface area contributed by atoms with Gasteiger partial charge in [-0.2, -0.15) is 0 Å². The van der Waals surface area contributed by atoms with Gasteiger partial charge in [0.15, 0.2) is 0 Å². The monoisotopic (exact) mass is 616 g/mol. The van der Waals surface area contributed by atoms with Crippen LogP contribution in [0.5, 0.6) is 11.5 Å². The van der Waals surface area contributed by atoms with Gasteiger partial charge in [-0.15, -0.1) is 0 Å². The topological polar surface area (TPSA) is 119 Å². The highest BCUT2D eigenvalue weighted by Crippen LogP contribution is 2.36. The summed E-state index contributed by atoms with van der Waals surface area (Å²) in [4.78, 5) is 15.8. The molecule has 0 aliphatic carbocycles. The predicted molar refractivity (Wildman–Crippen MR) is 166 cm³/mol. The zero-order chi connectivity index (χ0) is 31.3. The van der Waals surface area contributed by atoms with E-state index in [4.69, 9.17) is 28.4 Å². The van der Waals surface area contributed by atoms with Gasteiger partial charge in [-0.3, -0.25) is 0 Å². The number of ether oxygens (including phenoxy) is 6. The van der Waals surface area contributed by atoms with Crippen molar-refractivity contribution in [1.82, 2.24) is 4.90 Å². The molecule has 1 fully saturated rings. The van der Waals surface area contributed by atoms with E-state index in [1.54, 1.807) is 21.1 Å². The van der Waals surface area contributed by atoms with Crippen molar-refractivity contribution < 1.29 is 43.4 Å². The van der Waals surface area contributed by atoms with Crippen molar-refractivity contribution in [3.05, 3.63) is 53.6 Å². The van der Waals surface area contributed by atoms with Gasteiger partial charge in [0, 0.05) is 52.9 Å². The highest BCUT2D eigenvalue weighted by atomic mass is 16.5. The van der Waals surface area contributed by atoms with E-state index in [0.717, 1.165) is 54.2 Å². The van der Waals surface area contributed by atoms with Crippen molar-refractivity contribution in [1.29, 1.82) is 0 Å². The van der Waals surface area contributed by atoms with Crippen LogP contribution in [0.3, 0.4) is 0 Å². The minimum absolute atomic E-state index is 0.210. The molecule has 4 atom stereocenters. The number of aliphatic hydroxyl groups is 1. The smallest absolute Gasteiger partial charge is 0.407 e. The lowest BCUT2D eigenvalue weighted by atomic mass is 9.84. The van der Waals surface area contributed by atoms with E-state index in [9.17, 15) is 15.0 Å². The summed E-state index contributed by atoms with van der Waals surface area (Å²) in [6.45, 7) is 6.93. The molecule has 2 aliphatic rings. The van der Waals surface area contributed by atoms with Crippen LogP contribution in [-0.4, -0.2) is 113 Å². The molecule has 2 N–H and O–H groups in total. The molecule has 2 aromatic rings. The zero-order valence-corrected chi connectivity index (χ0v) is 26.2. The molecule has 1 unspecified atom stereocenters. The van der Waals surface area contributed by atoms with Crippen LogP contribution in [0.2, 0.25) is 0 Å². The number of piperidine rings is 1. The number of likely N-dealkylation sites (tertiary alicyclic amines) is 1. The lowest BCUT2D eigenvalue weighted by Crippen LogP contribution is -2.54. The Bertz CT molecular complexity index is 1150. The Hall–Kier alpha value is -3.09. The molecule has 2 aromatic carbocycles. The van der Waals surface area contributed by atoms with Gasteiger partial charge in [0.25, 0.3) is 0 Å². The maximum atomic E-state index is 12.2. The van der Waals surface area contributed by atoms with Crippen LogP contribution in [0.4, 0.5) is 10.5 Å². The van der Waals surface area contributed by atoms with Crippen LogP contribution in [0.25, 0.3) is 0 Å². The Morgan fingerprint density at radius 3 is 2.41 bits per heavy atom. The first-order chi connectivity index (χ1) is 21.4. The first-order valence-electron chi connectivity index (χ1n) is 15.5. The Kier molecular flexibility index (Phi) is 13.4. The Balaban J connectivity index is 1.53. The number of fused-ring (bicyclic) bond motifs is 1. The SMILES string of the molecule is COCCCOc1ccc([C@@H]2[C@@H](OCc3ccc4c(c3)N(CCCOC)CCO4)CN(C(=O)O)C[C@H]2OCCC(C)O)cc1. The first-order valence-corrected chi connectivity index (χ1v) is 15.5. The van der Waals surface area contributed by atoms with Crippen molar-refractivity contribution in [2.45, 2.75) is 57.0 Å². The van der Waals surface area contributed by atoms with E-state index in [1.165, 1.54) is 4.90 Å². The van der Waals surface area contributed by atoms with Crippen molar-refractivity contribution in [3.8, 4) is 11.5 Å². The third-order valence-electron chi connectivity index (χ3n) is 7.99. The molecular weight excluding hydrogens is 568 g/mol. The number of rotatable bonds is 17. The summed E-state index contributed by atoms with van der Waals surface area (Å²) in [5.41, 5.74) is 2.99. The van der Waals surface area contributed by atoms with Gasteiger partial charge in [-0.25, -0.2) is 4.79 Å². The number of aliphatic hydroxyl groups excluding tert-OH is 1. The predicted octanol–water partition coefficient (Wildman–Crippen LogP) is 4.16. The number of methoxy groups -OCH3 is 2. The van der Waals surface area contributed by atoms with Crippen LogP contribution in [0.1, 0.15) is 43.2 Å². The number of carboxylic acid groups (broad SMARTS) is 1. The summed E-state index contributed by atoms with van der Waals surface area (Å²) >= 11 is 0. The Morgan fingerprint density at radius 2 is 1.70 bits per heavy atom. The maximum absolute atomic E-state index is 12.2. The molecule has 0 spiro atoms. The summed E-state index contributed by atoms with van der Waals surface area (Å²) in [6, 6.07) is 13.9. The molecule has 11 heteroatoms. The molecule has 11 nitrogen and oxygen atoms in total. The summed E-state index contributed by atoms with van der Waals surface area (Å²) in [5.74, 6) is 1.37. The third-order valence-corrected chi connectivity index (χ3v) is 7.99. The fourth-order valence-electron chi connectivity index (χ4n) is 5.69. The molecule has 4 rings (SSSR count). The van der Waals surface area contributed by atoms with Crippen molar-refractivity contribution in [2.75, 3.05) is 78.3 Å². The van der Waals surface area contributed by atoms with Gasteiger partial charge in [-0.1, -0.05) is 18.2 Å². The normalized spacial score (nSPS) is 20.6. The lowest BCUT2D eigenvalue weighted by molar-refractivity contribution is -0.0921. The number of nitrogens with zero attached hydrogens (tertiary/aromatic N) is 2. The van der Waals surface area contributed by atoms with E-state index < -0.39 is 24.4 Å². The average Bonchev–Trinajstić information content (AvgIpc) is 3.02. The first kappa shape index (κ1) is 33.8. The van der Waals surface area contributed by atoms with E-state index in [0.29, 0.717) is 46.1 Å². The van der Waals surface area contributed by atoms with Gasteiger partial charge in [0.1, 0.15) is 18.1 Å². The number of anilines is 1. The largest absolute Gasteiger partial charge is 0.494 e. The number of carbonyl (C=O) groups is 1. The lowest BCUT2D eigenvalue weighted by Gasteiger charge is -2.42. The number of benzene rings is 2. The molecule has 2 aliphatic heterocycles. The quantitative estimate of drug-likeness (QED) is 0.251. The number of hydrogen-bond donors (Lipinski definition) is 2. The second kappa shape index (κ2) is 17.4. The van der Waals surface area contributed by atoms with Crippen LogP contribution in [0.15, 0.2) is 42.5 Å². The minimum Gasteiger partial charge on any atom is -0.494 e. The van der Waals surface area contributed by atoms with Gasteiger partial charge >= 0.3 is 6.09 Å². The highest BCUT2D eigenvalue weighted by molar-refractivity contribution is 5.65. The molecule has 0 bridgehead atoms. The van der Waals surface area contributed by atoms with E-state index in [2.05, 4.69) is 11.0 Å². The van der Waals surface area contributed by atoms with E-state index >= 15 is 0 Å². The van der Waals surface area contributed by atoms with Crippen LogP contribution < -0.4 is 14.4 Å². The maximum Gasteiger partial charge on any atom is 0.407 e. The zero-order valence-electron chi connectivity index (χ0n) is 26.2. The molecule has 2 heterocycles. The van der Waals surface area contributed by atoms with Crippen molar-refractivity contribution >= 4 is 11.8 Å². The van der Waals surface area contributed by atoms with Gasteiger partial charge in [0.05, 0.1) is 56.8 Å². The molecule has 244 valence electrons. The molecule has 1 saturated heterocycles. The Morgan fingerprint density at radius 1 is 0.977 bits per heavy atom.